The molecule has 126 valence electrons. The molecular weight excluding hydrogens is 320 g/mol. The van der Waals surface area contributed by atoms with Gasteiger partial charge in [-0.3, -0.25) is 14.9 Å². The second-order valence-electron chi connectivity index (χ2n) is 5.60. The van der Waals surface area contributed by atoms with Crippen LogP contribution in [0, 0.1) is 10.1 Å². The predicted molar refractivity (Wildman–Crippen MR) is 94.6 cm³/mol. The molecule has 1 unspecified atom stereocenters. The third-order valence-corrected chi connectivity index (χ3v) is 3.90. The number of non-ortho nitro benzene ring substituents is 1. The molecule has 0 fully saturated rings. The minimum absolute atomic E-state index is 0.0611. The highest BCUT2D eigenvalue weighted by Gasteiger charge is 2.29. The molecule has 1 heterocycles. The monoisotopic (exact) mass is 336 g/mol. The van der Waals surface area contributed by atoms with Crippen molar-refractivity contribution in [3.8, 4) is 0 Å². The molecule has 3 rings (SSSR count). The molecule has 2 aromatic carbocycles. The first-order chi connectivity index (χ1) is 12.0. The van der Waals surface area contributed by atoms with Crippen LogP contribution in [-0.4, -0.2) is 16.7 Å². The van der Waals surface area contributed by atoms with Gasteiger partial charge in [-0.25, -0.2) is 4.99 Å². The Morgan fingerprint density at radius 3 is 2.56 bits per heavy atom. The smallest absolute Gasteiger partial charge is 0.269 e. The zero-order valence-corrected chi connectivity index (χ0v) is 13.5. The molecule has 0 aliphatic carbocycles. The average molecular weight is 336 g/mol. The van der Waals surface area contributed by atoms with E-state index in [1.165, 1.54) is 19.1 Å². The number of nitrogens with two attached hydrogens (primary N) is 1. The van der Waals surface area contributed by atoms with Crippen LogP contribution >= 0.6 is 0 Å². The van der Waals surface area contributed by atoms with Crippen molar-refractivity contribution in [3.63, 3.8) is 0 Å². The number of benzene rings is 2. The third-order valence-electron chi connectivity index (χ3n) is 3.90. The largest absolute Gasteiger partial charge is 0.370 e. The minimum atomic E-state index is -0.700. The highest BCUT2D eigenvalue weighted by atomic mass is 16.6. The lowest BCUT2D eigenvalue weighted by Crippen LogP contribution is -2.36. The van der Waals surface area contributed by atoms with Crippen LogP contribution in [-0.2, 0) is 4.79 Å². The first-order valence-electron chi connectivity index (χ1n) is 7.62. The van der Waals surface area contributed by atoms with Crippen molar-refractivity contribution in [2.45, 2.75) is 13.0 Å². The van der Waals surface area contributed by atoms with Crippen molar-refractivity contribution in [3.05, 3.63) is 81.4 Å². The van der Waals surface area contributed by atoms with E-state index in [2.05, 4.69) is 10.3 Å². The summed E-state index contributed by atoms with van der Waals surface area (Å²) in [6.07, 6.45) is 0. The predicted octanol–water partition coefficient (Wildman–Crippen LogP) is 2.55. The molecule has 0 saturated carbocycles. The zero-order valence-electron chi connectivity index (χ0n) is 13.5. The summed E-state index contributed by atoms with van der Waals surface area (Å²) in [5.74, 6) is -0.0283. The Balaban J connectivity index is 2.18. The molecule has 7 nitrogen and oxygen atoms in total. The molecule has 0 aromatic heterocycles. The van der Waals surface area contributed by atoms with Crippen molar-refractivity contribution in [1.82, 2.24) is 5.32 Å². The van der Waals surface area contributed by atoms with E-state index in [-0.39, 0.29) is 17.4 Å². The Labute approximate surface area is 144 Å². The summed E-state index contributed by atoms with van der Waals surface area (Å²) in [5, 5.41) is 14.0. The highest BCUT2D eigenvalue weighted by Crippen LogP contribution is 2.35. The van der Waals surface area contributed by atoms with Gasteiger partial charge in [-0.15, -0.1) is 0 Å². The van der Waals surface area contributed by atoms with Crippen molar-refractivity contribution in [2.75, 3.05) is 0 Å². The molecule has 25 heavy (non-hydrogen) atoms. The van der Waals surface area contributed by atoms with Crippen molar-refractivity contribution < 1.29 is 9.72 Å². The fourth-order valence-corrected chi connectivity index (χ4v) is 2.82. The van der Waals surface area contributed by atoms with E-state index in [0.717, 1.165) is 5.56 Å². The molecule has 1 aliphatic heterocycles. The van der Waals surface area contributed by atoms with Crippen molar-refractivity contribution in [1.29, 1.82) is 0 Å². The van der Waals surface area contributed by atoms with Gasteiger partial charge in [0.25, 0.3) is 5.69 Å². The first-order valence-corrected chi connectivity index (χ1v) is 7.62. The van der Waals surface area contributed by atoms with Crippen LogP contribution in [0.15, 0.2) is 65.2 Å². The zero-order chi connectivity index (χ0) is 18.0. The number of nitrogens with one attached hydrogen (secondary N) is 1. The van der Waals surface area contributed by atoms with Gasteiger partial charge in [0, 0.05) is 17.7 Å². The normalized spacial score (nSPS) is 16.8. The molecule has 2 aromatic rings. The molecule has 7 heteroatoms. The average Bonchev–Trinajstić information content (AvgIpc) is 2.61. The van der Waals surface area contributed by atoms with E-state index in [1.807, 2.05) is 30.3 Å². The third kappa shape index (κ3) is 3.25. The summed E-state index contributed by atoms with van der Waals surface area (Å²) in [5.41, 5.74) is 8.16. The van der Waals surface area contributed by atoms with Gasteiger partial charge in [-0.05, 0) is 18.1 Å². The number of hydrogen-bond acceptors (Lipinski definition) is 6. The number of guanidine groups is 1. The van der Waals surface area contributed by atoms with Crippen LogP contribution in [0.3, 0.4) is 0 Å². The van der Waals surface area contributed by atoms with Gasteiger partial charge in [0.1, 0.15) is 6.04 Å². The molecule has 1 aliphatic rings. The summed E-state index contributed by atoms with van der Waals surface area (Å²) >= 11 is 0. The number of carbonyl (C=O) groups is 1. The number of nitrogens with zero attached hydrogens (tertiary/aromatic N) is 2. The van der Waals surface area contributed by atoms with Crippen LogP contribution in [0.1, 0.15) is 24.1 Å². The molecule has 0 spiro atoms. The maximum atomic E-state index is 12.3. The Hall–Kier alpha value is -3.48. The second-order valence-corrected chi connectivity index (χ2v) is 5.60. The van der Waals surface area contributed by atoms with E-state index in [9.17, 15) is 14.9 Å². The summed E-state index contributed by atoms with van der Waals surface area (Å²) in [6, 6.07) is 14.7. The Bertz CT molecular complexity index is 904. The first kappa shape index (κ1) is 16.4. The van der Waals surface area contributed by atoms with Crippen LogP contribution in [0.5, 0.6) is 0 Å². The second kappa shape index (κ2) is 6.56. The van der Waals surface area contributed by atoms with E-state index >= 15 is 0 Å². The fourth-order valence-electron chi connectivity index (χ4n) is 2.82. The molecule has 3 N–H and O–H groups in total. The van der Waals surface area contributed by atoms with E-state index in [4.69, 9.17) is 5.73 Å². The highest BCUT2D eigenvalue weighted by molar-refractivity contribution is 6.06. The van der Waals surface area contributed by atoms with Crippen LogP contribution in [0.2, 0.25) is 0 Å². The number of aliphatic imine (C=N–C) groups is 1. The van der Waals surface area contributed by atoms with E-state index in [0.29, 0.717) is 16.8 Å². The fraction of sp³-hybridized carbons (Fsp3) is 0.111. The summed E-state index contributed by atoms with van der Waals surface area (Å²) < 4.78 is 0. The lowest BCUT2D eigenvalue weighted by molar-refractivity contribution is -0.384. The number of nitro groups is 1. The van der Waals surface area contributed by atoms with Crippen LogP contribution in [0.25, 0.3) is 5.70 Å². The van der Waals surface area contributed by atoms with Gasteiger partial charge < -0.3 is 11.1 Å². The van der Waals surface area contributed by atoms with Gasteiger partial charge >= 0.3 is 0 Å². The lowest BCUT2D eigenvalue weighted by Gasteiger charge is -2.26. The molecular formula is C18H16N4O3. The number of ketones is 1. The Kier molecular flexibility index (Phi) is 4.30. The molecule has 0 amide bonds. The molecule has 0 radical (unpaired) electrons. The lowest BCUT2D eigenvalue weighted by atomic mass is 9.91. The maximum absolute atomic E-state index is 12.3. The van der Waals surface area contributed by atoms with Crippen molar-refractivity contribution in [2.24, 2.45) is 10.7 Å². The molecule has 0 bridgehead atoms. The molecule has 1 atom stereocenters. The summed E-state index contributed by atoms with van der Waals surface area (Å²) in [7, 11) is 0. The Morgan fingerprint density at radius 1 is 1.20 bits per heavy atom. The SMILES string of the molecule is CC(=O)C1=C(c2ccccc2)NC(N)=NC1c1cccc([N+](=O)[O-])c1. The van der Waals surface area contributed by atoms with Gasteiger partial charge in [0.15, 0.2) is 11.7 Å². The number of nitro benzene ring substituents is 1. The van der Waals surface area contributed by atoms with E-state index < -0.39 is 11.0 Å². The topological polar surface area (TPSA) is 111 Å². The van der Waals surface area contributed by atoms with Crippen molar-refractivity contribution >= 4 is 23.1 Å². The van der Waals surface area contributed by atoms with Gasteiger partial charge in [-0.2, -0.15) is 0 Å². The number of Topliss-reactive ketones (excluding diaryl/α,β-unsaturated/α-hetero) is 1. The van der Waals surface area contributed by atoms with Gasteiger partial charge in [0.05, 0.1) is 10.6 Å². The Morgan fingerprint density at radius 2 is 1.92 bits per heavy atom. The number of carbonyl (C=O) groups excluding carboxylic acids is 1. The van der Waals surface area contributed by atoms with Gasteiger partial charge in [-0.1, -0.05) is 42.5 Å². The number of hydrogen-bond donors (Lipinski definition) is 2. The maximum Gasteiger partial charge on any atom is 0.269 e. The summed E-state index contributed by atoms with van der Waals surface area (Å²) in [6.45, 7) is 1.45. The number of rotatable bonds is 4. The van der Waals surface area contributed by atoms with E-state index in [1.54, 1.807) is 12.1 Å². The minimum Gasteiger partial charge on any atom is -0.370 e. The standard InChI is InChI=1S/C18H16N4O3/c1-11(23)15-16(12-6-3-2-4-7-12)20-18(19)21-17(15)13-8-5-9-14(10-13)22(24)25/h2-10,17H,1H3,(H3,19,20,21). The quantitative estimate of drug-likeness (QED) is 0.658. The van der Waals surface area contributed by atoms with Crippen LogP contribution < -0.4 is 11.1 Å². The summed E-state index contributed by atoms with van der Waals surface area (Å²) in [4.78, 5) is 27.2. The van der Waals surface area contributed by atoms with Crippen LogP contribution in [0.4, 0.5) is 5.69 Å². The molecule has 0 saturated heterocycles. The van der Waals surface area contributed by atoms with Gasteiger partial charge in [0.2, 0.25) is 0 Å².